The van der Waals surface area contributed by atoms with E-state index in [2.05, 4.69) is 9.72 Å². The van der Waals surface area contributed by atoms with Crippen LogP contribution in [0.15, 0.2) is 12.5 Å². The van der Waals surface area contributed by atoms with Crippen LogP contribution in [0.2, 0.25) is 0 Å². The minimum atomic E-state index is -0.546. The standard InChI is InChI=1S/C7H8N2O3/c1-5(10)9-3-6(8-4-9)7(11)12-2/h3-4H,1-2H3. The lowest BCUT2D eigenvalue weighted by atomic mass is 10.5. The van der Waals surface area contributed by atoms with Crippen molar-refractivity contribution >= 4 is 11.9 Å². The first-order valence-electron chi connectivity index (χ1n) is 3.28. The number of carbonyl (C=O) groups excluding carboxylic acids is 2. The Bertz CT molecular complexity index is 316. The molecule has 1 heterocycles. The van der Waals surface area contributed by atoms with Crippen LogP contribution in [0.1, 0.15) is 22.2 Å². The second-order valence-corrected chi connectivity index (χ2v) is 2.18. The number of aromatic nitrogens is 2. The van der Waals surface area contributed by atoms with Crippen molar-refractivity contribution in [1.29, 1.82) is 0 Å². The van der Waals surface area contributed by atoms with Crippen LogP contribution in [0.3, 0.4) is 0 Å². The van der Waals surface area contributed by atoms with Gasteiger partial charge < -0.3 is 4.74 Å². The van der Waals surface area contributed by atoms with Crippen molar-refractivity contribution in [2.24, 2.45) is 0 Å². The zero-order chi connectivity index (χ0) is 9.14. The molecule has 0 radical (unpaired) electrons. The fraction of sp³-hybridized carbons (Fsp3) is 0.286. The van der Waals surface area contributed by atoms with Gasteiger partial charge in [-0.3, -0.25) is 9.36 Å². The fourth-order valence-corrected chi connectivity index (χ4v) is 0.705. The van der Waals surface area contributed by atoms with Gasteiger partial charge in [-0.15, -0.1) is 0 Å². The Morgan fingerprint density at radius 3 is 2.67 bits per heavy atom. The molecule has 0 N–H and O–H groups in total. The van der Waals surface area contributed by atoms with Gasteiger partial charge in [-0.1, -0.05) is 0 Å². The highest BCUT2D eigenvalue weighted by atomic mass is 16.5. The number of ether oxygens (including phenoxy) is 1. The highest BCUT2D eigenvalue weighted by Crippen LogP contribution is 1.97. The van der Waals surface area contributed by atoms with Crippen LogP contribution in [-0.4, -0.2) is 28.5 Å². The number of carbonyl (C=O) groups is 2. The van der Waals surface area contributed by atoms with Crippen LogP contribution >= 0.6 is 0 Å². The van der Waals surface area contributed by atoms with E-state index in [4.69, 9.17) is 0 Å². The average molecular weight is 168 g/mol. The number of methoxy groups -OCH3 is 1. The highest BCUT2D eigenvalue weighted by Gasteiger charge is 2.09. The molecular weight excluding hydrogens is 160 g/mol. The third-order valence-electron chi connectivity index (χ3n) is 1.34. The maximum Gasteiger partial charge on any atom is 0.358 e. The molecule has 64 valence electrons. The number of hydrogen-bond acceptors (Lipinski definition) is 4. The normalized spacial score (nSPS) is 9.50. The zero-order valence-electron chi connectivity index (χ0n) is 6.77. The third-order valence-corrected chi connectivity index (χ3v) is 1.34. The molecule has 12 heavy (non-hydrogen) atoms. The van der Waals surface area contributed by atoms with Crippen LogP contribution in [0.4, 0.5) is 0 Å². The lowest BCUT2D eigenvalue weighted by Crippen LogP contribution is -2.03. The molecule has 0 bridgehead atoms. The van der Waals surface area contributed by atoms with Crippen molar-refractivity contribution in [1.82, 2.24) is 9.55 Å². The Morgan fingerprint density at radius 2 is 2.25 bits per heavy atom. The molecule has 5 heteroatoms. The van der Waals surface area contributed by atoms with E-state index in [-0.39, 0.29) is 11.6 Å². The number of nitrogens with zero attached hydrogens (tertiary/aromatic N) is 2. The molecule has 1 aromatic rings. The Labute approximate surface area is 69.0 Å². The van der Waals surface area contributed by atoms with Crippen molar-refractivity contribution in [2.75, 3.05) is 7.11 Å². The summed E-state index contributed by atoms with van der Waals surface area (Å²) in [5, 5.41) is 0. The van der Waals surface area contributed by atoms with E-state index in [0.29, 0.717) is 0 Å². The third kappa shape index (κ3) is 1.50. The Hall–Kier alpha value is -1.65. The molecule has 1 aromatic heterocycles. The average Bonchev–Trinajstić information content (AvgIpc) is 2.51. The van der Waals surface area contributed by atoms with Crippen LogP contribution in [0, 0.1) is 0 Å². The van der Waals surface area contributed by atoms with Gasteiger partial charge in [0.15, 0.2) is 5.69 Å². The monoisotopic (exact) mass is 168 g/mol. The van der Waals surface area contributed by atoms with Crippen molar-refractivity contribution < 1.29 is 14.3 Å². The summed E-state index contributed by atoms with van der Waals surface area (Å²) in [6, 6.07) is 0. The predicted molar refractivity (Wildman–Crippen MR) is 39.9 cm³/mol. The van der Waals surface area contributed by atoms with E-state index >= 15 is 0 Å². The van der Waals surface area contributed by atoms with Crippen molar-refractivity contribution in [3.8, 4) is 0 Å². The summed E-state index contributed by atoms with van der Waals surface area (Å²) in [4.78, 5) is 25.3. The van der Waals surface area contributed by atoms with Gasteiger partial charge in [0.05, 0.1) is 7.11 Å². The molecule has 0 fully saturated rings. The Morgan fingerprint density at radius 1 is 1.58 bits per heavy atom. The van der Waals surface area contributed by atoms with Gasteiger partial charge in [-0.05, 0) is 0 Å². The van der Waals surface area contributed by atoms with E-state index in [1.165, 1.54) is 31.1 Å². The number of esters is 1. The minimum Gasteiger partial charge on any atom is -0.464 e. The van der Waals surface area contributed by atoms with E-state index < -0.39 is 5.97 Å². The molecule has 0 atom stereocenters. The van der Waals surface area contributed by atoms with Gasteiger partial charge in [0.1, 0.15) is 6.33 Å². The summed E-state index contributed by atoms with van der Waals surface area (Å²) in [5.41, 5.74) is 0.132. The summed E-state index contributed by atoms with van der Waals surface area (Å²) >= 11 is 0. The first-order valence-corrected chi connectivity index (χ1v) is 3.28. The van der Waals surface area contributed by atoms with E-state index in [1.54, 1.807) is 0 Å². The molecule has 5 nitrogen and oxygen atoms in total. The molecule has 1 rings (SSSR count). The molecule has 0 aliphatic rings. The summed E-state index contributed by atoms with van der Waals surface area (Å²) in [6.07, 6.45) is 2.60. The molecule has 0 spiro atoms. The van der Waals surface area contributed by atoms with E-state index in [9.17, 15) is 9.59 Å². The minimum absolute atomic E-state index is 0.132. The van der Waals surface area contributed by atoms with Gasteiger partial charge >= 0.3 is 5.97 Å². The molecule has 0 aliphatic carbocycles. The van der Waals surface area contributed by atoms with Gasteiger partial charge in [0.25, 0.3) is 0 Å². The SMILES string of the molecule is COC(=O)c1cn(C(C)=O)cn1. The number of rotatable bonds is 1. The largest absolute Gasteiger partial charge is 0.464 e. The number of hydrogen-bond donors (Lipinski definition) is 0. The molecular formula is C7H8N2O3. The first kappa shape index (κ1) is 8.45. The lowest BCUT2D eigenvalue weighted by Gasteiger charge is -1.91. The topological polar surface area (TPSA) is 61.2 Å². The summed E-state index contributed by atoms with van der Waals surface area (Å²) in [5.74, 6) is -0.743. The predicted octanol–water partition coefficient (Wildman–Crippen LogP) is 0.330. The smallest absolute Gasteiger partial charge is 0.358 e. The zero-order valence-corrected chi connectivity index (χ0v) is 6.77. The van der Waals surface area contributed by atoms with Crippen LogP contribution < -0.4 is 0 Å². The van der Waals surface area contributed by atoms with Gasteiger partial charge in [-0.25, -0.2) is 9.78 Å². The summed E-state index contributed by atoms with van der Waals surface area (Å²) < 4.78 is 5.62. The second-order valence-electron chi connectivity index (χ2n) is 2.18. The van der Waals surface area contributed by atoms with Crippen LogP contribution in [0.25, 0.3) is 0 Å². The Balaban J connectivity index is 2.91. The number of imidazole rings is 1. The van der Waals surface area contributed by atoms with E-state index in [1.807, 2.05) is 0 Å². The molecule has 0 unspecified atom stereocenters. The molecule has 0 aliphatic heterocycles. The van der Waals surface area contributed by atoms with Gasteiger partial charge in [0, 0.05) is 13.1 Å². The van der Waals surface area contributed by atoms with Crippen molar-refractivity contribution in [3.05, 3.63) is 18.2 Å². The maximum atomic E-state index is 10.8. The fourth-order valence-electron chi connectivity index (χ4n) is 0.705. The van der Waals surface area contributed by atoms with Gasteiger partial charge in [-0.2, -0.15) is 0 Å². The lowest BCUT2D eigenvalue weighted by molar-refractivity contribution is 0.0594. The van der Waals surface area contributed by atoms with Gasteiger partial charge in [0.2, 0.25) is 5.91 Å². The van der Waals surface area contributed by atoms with Crippen LogP contribution in [0.5, 0.6) is 0 Å². The first-order chi connectivity index (χ1) is 5.65. The quantitative estimate of drug-likeness (QED) is 0.567. The molecule has 0 saturated carbocycles. The summed E-state index contributed by atoms with van der Waals surface area (Å²) in [7, 11) is 1.26. The second kappa shape index (κ2) is 3.17. The molecule has 0 aromatic carbocycles. The molecule has 0 saturated heterocycles. The van der Waals surface area contributed by atoms with Crippen molar-refractivity contribution in [2.45, 2.75) is 6.92 Å². The Kier molecular flexibility index (Phi) is 2.23. The molecule has 0 amide bonds. The summed E-state index contributed by atoms with van der Waals surface area (Å²) in [6.45, 7) is 1.38. The highest BCUT2D eigenvalue weighted by molar-refractivity contribution is 5.88. The van der Waals surface area contributed by atoms with Crippen LogP contribution in [-0.2, 0) is 4.74 Å². The van der Waals surface area contributed by atoms with Crippen molar-refractivity contribution in [3.63, 3.8) is 0 Å². The van der Waals surface area contributed by atoms with E-state index in [0.717, 1.165) is 0 Å². The maximum absolute atomic E-state index is 10.8.